The van der Waals surface area contributed by atoms with Crippen LogP contribution in [-0.2, 0) is 10.2 Å². The predicted molar refractivity (Wildman–Crippen MR) is 102 cm³/mol. The summed E-state index contributed by atoms with van der Waals surface area (Å²) in [7, 11) is 2.17. The second-order valence-electron chi connectivity index (χ2n) is 10.2. The van der Waals surface area contributed by atoms with Crippen LogP contribution in [0.5, 0.6) is 0 Å². The minimum Gasteiger partial charge on any atom is -0.340 e. The Kier molecular flexibility index (Phi) is 2.97. The molecular weight excluding hydrogens is 320 g/mol. The maximum absolute atomic E-state index is 13.8. The highest BCUT2D eigenvalue weighted by atomic mass is 16.2. The highest BCUT2D eigenvalue weighted by Crippen LogP contribution is 2.84. The van der Waals surface area contributed by atoms with E-state index in [0.717, 1.165) is 44.4 Å². The molecule has 1 aromatic rings. The number of benzene rings is 1. The fourth-order valence-corrected chi connectivity index (χ4v) is 8.33. The van der Waals surface area contributed by atoms with E-state index in [0.29, 0.717) is 16.7 Å². The Hall–Kier alpha value is -1.35. The molecule has 1 aromatic carbocycles. The number of amides is 1. The average Bonchev–Trinajstić information content (AvgIpc) is 2.97. The van der Waals surface area contributed by atoms with Crippen LogP contribution >= 0.6 is 0 Å². The van der Waals surface area contributed by atoms with Gasteiger partial charge in [-0.05, 0) is 68.4 Å². The Labute approximate surface area is 156 Å². The number of carbonyl (C=O) groups excluding carboxylic acids is 1. The summed E-state index contributed by atoms with van der Waals surface area (Å²) in [5.41, 5.74) is 2.22. The van der Waals surface area contributed by atoms with E-state index in [9.17, 15) is 4.79 Å². The highest BCUT2D eigenvalue weighted by Gasteiger charge is 2.79. The maximum Gasteiger partial charge on any atom is 0.228 e. The summed E-state index contributed by atoms with van der Waals surface area (Å²) in [6.07, 6.45) is 7.61. The number of hydrogen-bond acceptors (Lipinski definition) is 2. The molecule has 0 aromatic heterocycles. The van der Waals surface area contributed by atoms with Gasteiger partial charge in [-0.25, -0.2) is 0 Å². The van der Waals surface area contributed by atoms with Crippen LogP contribution in [0, 0.1) is 22.7 Å². The zero-order valence-electron chi connectivity index (χ0n) is 15.9. The second-order valence-corrected chi connectivity index (χ2v) is 10.2. The SMILES string of the molecule is CN1CCN(C(=O)C23CC4CC5CC(c6ccccc6)(C2)C5(C4)C3)CC1. The van der Waals surface area contributed by atoms with E-state index >= 15 is 0 Å². The van der Waals surface area contributed by atoms with Crippen LogP contribution in [0.2, 0.25) is 0 Å². The largest absolute Gasteiger partial charge is 0.340 e. The van der Waals surface area contributed by atoms with Gasteiger partial charge in [0.1, 0.15) is 0 Å². The van der Waals surface area contributed by atoms with Gasteiger partial charge in [-0.1, -0.05) is 30.3 Å². The van der Waals surface area contributed by atoms with Crippen molar-refractivity contribution in [3.63, 3.8) is 0 Å². The molecule has 1 saturated heterocycles. The number of rotatable bonds is 2. The highest BCUT2D eigenvalue weighted by molar-refractivity contribution is 5.84. The Bertz CT molecular complexity index is 755. The van der Waals surface area contributed by atoms with E-state index in [1.165, 1.54) is 37.7 Å². The summed E-state index contributed by atoms with van der Waals surface area (Å²) in [4.78, 5) is 18.4. The molecule has 3 nitrogen and oxygen atoms in total. The molecule has 5 atom stereocenters. The molecule has 0 radical (unpaired) electrons. The van der Waals surface area contributed by atoms with Gasteiger partial charge in [0, 0.05) is 31.6 Å². The molecule has 5 aliphatic rings. The first-order valence-electron chi connectivity index (χ1n) is 10.6. The smallest absolute Gasteiger partial charge is 0.228 e. The number of carbonyl (C=O) groups is 1. The van der Waals surface area contributed by atoms with Crippen molar-refractivity contribution in [2.24, 2.45) is 22.7 Å². The van der Waals surface area contributed by atoms with Gasteiger partial charge < -0.3 is 9.80 Å². The van der Waals surface area contributed by atoms with Crippen LogP contribution in [0.3, 0.4) is 0 Å². The molecule has 3 heteroatoms. The summed E-state index contributed by atoms with van der Waals surface area (Å²) < 4.78 is 0. The third-order valence-corrected chi connectivity index (χ3v) is 9.14. The predicted octanol–water partition coefficient (Wildman–Crippen LogP) is 3.30. The van der Waals surface area contributed by atoms with Crippen molar-refractivity contribution in [1.82, 2.24) is 9.80 Å². The second kappa shape index (κ2) is 4.92. The molecule has 1 spiro atoms. The molecule has 4 aliphatic carbocycles. The van der Waals surface area contributed by atoms with Gasteiger partial charge in [0.05, 0.1) is 5.41 Å². The lowest BCUT2D eigenvalue weighted by atomic mass is 9.44. The number of fused-ring (bicyclic) bond motifs is 2. The van der Waals surface area contributed by atoms with Crippen LogP contribution in [0.25, 0.3) is 0 Å². The summed E-state index contributed by atoms with van der Waals surface area (Å²) in [6.45, 7) is 3.92. The standard InChI is InChI=1S/C23H30N2O/c1-24-7-9-25(10-8-24)20(26)21-12-17-11-19-14-23(16-21,22(19,13-17)15-21)18-5-3-2-4-6-18/h2-6,17,19H,7-16H2,1H3. The summed E-state index contributed by atoms with van der Waals surface area (Å²) in [5, 5.41) is 0. The normalized spacial score (nSPS) is 46.3. The van der Waals surface area contributed by atoms with Gasteiger partial charge >= 0.3 is 0 Å². The van der Waals surface area contributed by atoms with E-state index < -0.39 is 0 Å². The molecule has 5 unspecified atom stereocenters. The first kappa shape index (κ1) is 15.7. The third-order valence-electron chi connectivity index (χ3n) is 9.14. The van der Waals surface area contributed by atoms with Crippen LogP contribution in [0.1, 0.15) is 44.1 Å². The molecule has 4 saturated carbocycles. The van der Waals surface area contributed by atoms with Crippen LogP contribution in [0.4, 0.5) is 0 Å². The van der Waals surface area contributed by atoms with Crippen molar-refractivity contribution in [1.29, 1.82) is 0 Å². The van der Waals surface area contributed by atoms with Crippen LogP contribution in [0.15, 0.2) is 30.3 Å². The number of likely N-dealkylation sites (N-methyl/N-ethyl adjacent to an activating group) is 1. The zero-order valence-corrected chi connectivity index (χ0v) is 15.9. The first-order valence-corrected chi connectivity index (χ1v) is 10.6. The Morgan fingerprint density at radius 3 is 2.54 bits per heavy atom. The first-order chi connectivity index (χ1) is 12.6. The van der Waals surface area contributed by atoms with E-state index in [4.69, 9.17) is 0 Å². The van der Waals surface area contributed by atoms with Gasteiger partial charge in [0.2, 0.25) is 5.91 Å². The van der Waals surface area contributed by atoms with Gasteiger partial charge in [0.15, 0.2) is 0 Å². The van der Waals surface area contributed by atoms with Crippen molar-refractivity contribution in [2.75, 3.05) is 33.2 Å². The zero-order chi connectivity index (χ0) is 17.6. The van der Waals surface area contributed by atoms with Crippen molar-refractivity contribution >= 4 is 5.91 Å². The molecule has 5 fully saturated rings. The van der Waals surface area contributed by atoms with Crippen molar-refractivity contribution in [2.45, 2.75) is 43.9 Å². The molecule has 1 heterocycles. The Morgan fingerprint density at radius 1 is 1.00 bits per heavy atom. The number of nitrogens with zero attached hydrogens (tertiary/aromatic N) is 2. The minimum atomic E-state index is -0.0556. The third kappa shape index (κ3) is 1.72. The lowest BCUT2D eigenvalue weighted by Gasteiger charge is -2.59. The molecule has 6 rings (SSSR count). The van der Waals surface area contributed by atoms with Gasteiger partial charge in [-0.2, -0.15) is 0 Å². The van der Waals surface area contributed by atoms with Gasteiger partial charge in [-0.15, -0.1) is 0 Å². The fraction of sp³-hybridized carbons (Fsp3) is 0.696. The summed E-state index contributed by atoms with van der Waals surface area (Å²) in [5.74, 6) is 2.20. The molecule has 138 valence electrons. The molecular formula is C23H30N2O. The van der Waals surface area contributed by atoms with Crippen molar-refractivity contribution < 1.29 is 4.79 Å². The van der Waals surface area contributed by atoms with Gasteiger partial charge in [-0.3, -0.25) is 4.79 Å². The van der Waals surface area contributed by atoms with E-state index in [-0.39, 0.29) is 5.41 Å². The van der Waals surface area contributed by atoms with Gasteiger partial charge in [0.25, 0.3) is 0 Å². The Balaban J connectivity index is 1.39. The number of piperazine rings is 1. The molecule has 0 N–H and O–H groups in total. The monoisotopic (exact) mass is 350 g/mol. The van der Waals surface area contributed by atoms with Crippen LogP contribution < -0.4 is 0 Å². The minimum absolute atomic E-state index is 0.0556. The molecule has 26 heavy (non-hydrogen) atoms. The summed E-state index contributed by atoms with van der Waals surface area (Å²) in [6, 6.07) is 11.3. The maximum atomic E-state index is 13.8. The topological polar surface area (TPSA) is 23.6 Å². The fourth-order valence-electron chi connectivity index (χ4n) is 8.33. The van der Waals surface area contributed by atoms with Crippen molar-refractivity contribution in [3.8, 4) is 0 Å². The molecule has 1 amide bonds. The van der Waals surface area contributed by atoms with E-state index in [1.54, 1.807) is 0 Å². The summed E-state index contributed by atoms with van der Waals surface area (Å²) >= 11 is 0. The van der Waals surface area contributed by atoms with E-state index in [1.807, 2.05) is 0 Å². The Morgan fingerprint density at radius 2 is 1.77 bits per heavy atom. The van der Waals surface area contributed by atoms with E-state index in [2.05, 4.69) is 47.2 Å². The average molecular weight is 351 g/mol. The lowest BCUT2D eigenvalue weighted by molar-refractivity contribution is -0.146. The molecule has 3 bridgehead atoms. The molecule has 1 aliphatic heterocycles. The van der Waals surface area contributed by atoms with Crippen molar-refractivity contribution in [3.05, 3.63) is 35.9 Å². The quantitative estimate of drug-likeness (QED) is 0.817. The number of hydrogen-bond donors (Lipinski definition) is 0. The lowest BCUT2D eigenvalue weighted by Crippen LogP contribution is -2.55. The van der Waals surface area contributed by atoms with Crippen LogP contribution in [-0.4, -0.2) is 48.9 Å².